The van der Waals surface area contributed by atoms with Crippen LogP contribution in [0.25, 0.3) is 0 Å². The summed E-state index contributed by atoms with van der Waals surface area (Å²) >= 11 is 0. The Morgan fingerprint density at radius 1 is 1.18 bits per heavy atom. The zero-order valence-corrected chi connectivity index (χ0v) is 11.3. The molecule has 0 heterocycles. The molecule has 1 fully saturated rings. The van der Waals surface area contributed by atoms with Gasteiger partial charge in [0.1, 0.15) is 0 Å². The summed E-state index contributed by atoms with van der Waals surface area (Å²) in [5.41, 5.74) is 0. The third-order valence-electron chi connectivity index (χ3n) is 3.88. The van der Waals surface area contributed by atoms with Crippen molar-refractivity contribution in [2.45, 2.75) is 44.9 Å². The van der Waals surface area contributed by atoms with Crippen LogP contribution in [0.5, 0.6) is 0 Å². The minimum Gasteiger partial charge on any atom is -0.396 e. The molecule has 0 bridgehead atoms. The Morgan fingerprint density at radius 2 is 1.76 bits per heavy atom. The van der Waals surface area contributed by atoms with Crippen LogP contribution >= 0.6 is 0 Å². The standard InChI is InChI=1S/C13H27NO3/c1-10(13(16-2)17-3)14-8-11-6-4-5-7-12(11)9-15/h10-15H,4-9H2,1-3H3. The van der Waals surface area contributed by atoms with Crippen molar-refractivity contribution in [2.75, 3.05) is 27.4 Å². The first-order valence-corrected chi connectivity index (χ1v) is 6.62. The molecule has 0 amide bonds. The van der Waals surface area contributed by atoms with Crippen molar-refractivity contribution in [3.63, 3.8) is 0 Å². The molecular weight excluding hydrogens is 218 g/mol. The number of methoxy groups -OCH3 is 2. The molecule has 2 N–H and O–H groups in total. The van der Waals surface area contributed by atoms with Crippen molar-refractivity contribution in [2.24, 2.45) is 11.8 Å². The predicted molar refractivity (Wildman–Crippen MR) is 67.8 cm³/mol. The molecule has 1 aliphatic carbocycles. The maximum atomic E-state index is 9.35. The van der Waals surface area contributed by atoms with Crippen LogP contribution in [0.3, 0.4) is 0 Å². The molecule has 102 valence electrons. The van der Waals surface area contributed by atoms with Gasteiger partial charge < -0.3 is 19.9 Å². The molecule has 3 unspecified atom stereocenters. The fourth-order valence-electron chi connectivity index (χ4n) is 2.73. The van der Waals surface area contributed by atoms with Crippen LogP contribution in [0.2, 0.25) is 0 Å². The Bertz CT molecular complexity index is 197. The van der Waals surface area contributed by atoms with Gasteiger partial charge in [-0.3, -0.25) is 0 Å². The van der Waals surface area contributed by atoms with Gasteiger partial charge in [-0.2, -0.15) is 0 Å². The Hall–Kier alpha value is -0.160. The van der Waals surface area contributed by atoms with Crippen LogP contribution in [0.15, 0.2) is 0 Å². The lowest BCUT2D eigenvalue weighted by atomic mass is 9.79. The van der Waals surface area contributed by atoms with Crippen LogP contribution in [-0.2, 0) is 9.47 Å². The summed E-state index contributed by atoms with van der Waals surface area (Å²) in [6, 6.07) is 0.172. The van der Waals surface area contributed by atoms with Crippen LogP contribution < -0.4 is 5.32 Å². The zero-order chi connectivity index (χ0) is 12.7. The zero-order valence-electron chi connectivity index (χ0n) is 11.3. The summed E-state index contributed by atoms with van der Waals surface area (Å²) in [6.45, 7) is 3.32. The molecule has 1 aliphatic rings. The second kappa shape index (κ2) is 8.03. The minimum absolute atomic E-state index is 0.172. The number of aliphatic hydroxyl groups excluding tert-OH is 1. The van der Waals surface area contributed by atoms with Crippen molar-refractivity contribution < 1.29 is 14.6 Å². The SMILES string of the molecule is COC(OC)C(C)NCC1CCCCC1CO. The Labute approximate surface area is 105 Å². The molecule has 17 heavy (non-hydrogen) atoms. The molecule has 0 spiro atoms. The van der Waals surface area contributed by atoms with E-state index in [4.69, 9.17) is 9.47 Å². The van der Waals surface area contributed by atoms with Gasteiger partial charge in [0.05, 0.1) is 6.04 Å². The van der Waals surface area contributed by atoms with Crippen molar-refractivity contribution in [1.29, 1.82) is 0 Å². The number of ether oxygens (including phenoxy) is 2. The van der Waals surface area contributed by atoms with Gasteiger partial charge in [-0.05, 0) is 38.1 Å². The minimum atomic E-state index is -0.203. The van der Waals surface area contributed by atoms with E-state index in [9.17, 15) is 5.11 Å². The monoisotopic (exact) mass is 245 g/mol. The number of rotatable bonds is 7. The summed E-state index contributed by atoms with van der Waals surface area (Å²) in [5, 5.41) is 12.8. The van der Waals surface area contributed by atoms with Gasteiger partial charge in [-0.15, -0.1) is 0 Å². The van der Waals surface area contributed by atoms with E-state index in [1.807, 2.05) is 0 Å². The summed E-state index contributed by atoms with van der Waals surface area (Å²) in [5.74, 6) is 1.05. The van der Waals surface area contributed by atoms with Crippen LogP contribution in [-0.4, -0.2) is 44.8 Å². The predicted octanol–water partition coefficient (Wildman–Crippen LogP) is 1.38. The molecule has 0 aliphatic heterocycles. The van der Waals surface area contributed by atoms with E-state index in [2.05, 4.69) is 12.2 Å². The third-order valence-corrected chi connectivity index (χ3v) is 3.88. The molecule has 0 aromatic rings. The molecule has 4 heteroatoms. The van der Waals surface area contributed by atoms with E-state index in [0.29, 0.717) is 18.4 Å². The molecule has 4 nitrogen and oxygen atoms in total. The molecule has 0 saturated heterocycles. The van der Waals surface area contributed by atoms with Gasteiger partial charge in [0.15, 0.2) is 6.29 Å². The van der Waals surface area contributed by atoms with E-state index in [1.165, 1.54) is 19.3 Å². The van der Waals surface area contributed by atoms with Crippen molar-refractivity contribution in [3.05, 3.63) is 0 Å². The summed E-state index contributed by atoms with van der Waals surface area (Å²) < 4.78 is 10.4. The highest BCUT2D eigenvalue weighted by Crippen LogP contribution is 2.29. The largest absolute Gasteiger partial charge is 0.396 e. The fourth-order valence-corrected chi connectivity index (χ4v) is 2.73. The highest BCUT2D eigenvalue weighted by atomic mass is 16.7. The average Bonchev–Trinajstić information content (AvgIpc) is 2.38. The maximum absolute atomic E-state index is 9.35. The molecule has 0 aromatic heterocycles. The van der Waals surface area contributed by atoms with E-state index in [0.717, 1.165) is 13.0 Å². The van der Waals surface area contributed by atoms with Crippen LogP contribution in [0.4, 0.5) is 0 Å². The van der Waals surface area contributed by atoms with Gasteiger partial charge in [0.25, 0.3) is 0 Å². The maximum Gasteiger partial charge on any atom is 0.171 e. The second-order valence-corrected chi connectivity index (χ2v) is 5.02. The first-order valence-electron chi connectivity index (χ1n) is 6.62. The van der Waals surface area contributed by atoms with E-state index in [-0.39, 0.29) is 12.3 Å². The molecule has 0 aromatic carbocycles. The van der Waals surface area contributed by atoms with Crippen molar-refractivity contribution >= 4 is 0 Å². The van der Waals surface area contributed by atoms with E-state index in [1.54, 1.807) is 14.2 Å². The Morgan fingerprint density at radius 3 is 2.29 bits per heavy atom. The van der Waals surface area contributed by atoms with Gasteiger partial charge in [0.2, 0.25) is 0 Å². The van der Waals surface area contributed by atoms with Crippen LogP contribution in [0, 0.1) is 11.8 Å². The molecule has 1 rings (SSSR count). The highest BCUT2D eigenvalue weighted by molar-refractivity contribution is 4.78. The lowest BCUT2D eigenvalue weighted by Gasteiger charge is -2.32. The van der Waals surface area contributed by atoms with Gasteiger partial charge in [0, 0.05) is 20.8 Å². The molecular formula is C13H27NO3. The van der Waals surface area contributed by atoms with E-state index < -0.39 is 0 Å². The second-order valence-electron chi connectivity index (χ2n) is 5.02. The number of aliphatic hydroxyl groups is 1. The highest BCUT2D eigenvalue weighted by Gasteiger charge is 2.25. The smallest absolute Gasteiger partial charge is 0.171 e. The average molecular weight is 245 g/mol. The normalized spacial score (nSPS) is 27.4. The lowest BCUT2D eigenvalue weighted by Crippen LogP contribution is -2.43. The third kappa shape index (κ3) is 4.54. The number of nitrogens with one attached hydrogen (secondary N) is 1. The fraction of sp³-hybridized carbons (Fsp3) is 1.00. The van der Waals surface area contributed by atoms with Gasteiger partial charge in [-0.1, -0.05) is 12.8 Å². The van der Waals surface area contributed by atoms with Crippen LogP contribution in [0.1, 0.15) is 32.6 Å². The van der Waals surface area contributed by atoms with Crippen molar-refractivity contribution in [3.8, 4) is 0 Å². The first kappa shape index (κ1) is 14.9. The molecule has 0 radical (unpaired) electrons. The number of hydrogen-bond donors (Lipinski definition) is 2. The summed E-state index contributed by atoms with van der Waals surface area (Å²) in [7, 11) is 3.31. The topological polar surface area (TPSA) is 50.7 Å². The molecule has 3 atom stereocenters. The summed E-state index contributed by atoms with van der Waals surface area (Å²) in [6.07, 6.45) is 4.72. The Balaban J connectivity index is 2.32. The summed E-state index contributed by atoms with van der Waals surface area (Å²) in [4.78, 5) is 0. The van der Waals surface area contributed by atoms with Gasteiger partial charge >= 0.3 is 0 Å². The van der Waals surface area contributed by atoms with E-state index >= 15 is 0 Å². The quantitative estimate of drug-likeness (QED) is 0.665. The van der Waals surface area contributed by atoms with Gasteiger partial charge in [-0.25, -0.2) is 0 Å². The Kier molecular flexibility index (Phi) is 7.04. The molecule has 1 saturated carbocycles. The first-order chi connectivity index (χ1) is 8.22. The number of hydrogen-bond acceptors (Lipinski definition) is 4. The lowest BCUT2D eigenvalue weighted by molar-refractivity contribution is -0.120. The van der Waals surface area contributed by atoms with Crippen molar-refractivity contribution in [1.82, 2.24) is 5.32 Å².